The van der Waals surface area contributed by atoms with E-state index >= 15 is 0 Å². The lowest BCUT2D eigenvalue weighted by Gasteiger charge is -2.13. The van der Waals surface area contributed by atoms with Gasteiger partial charge in [-0.2, -0.15) is 0 Å². The molecule has 0 heterocycles. The fourth-order valence-corrected chi connectivity index (χ4v) is 2.12. The molecule has 0 aliphatic heterocycles. The molecule has 2 aromatic carbocycles. The van der Waals surface area contributed by atoms with Crippen LogP contribution in [0.5, 0.6) is 0 Å². The Morgan fingerprint density at radius 2 is 1.95 bits per heavy atom. The summed E-state index contributed by atoms with van der Waals surface area (Å²) in [6.45, 7) is 2.01. The molecule has 104 valence electrons. The monoisotopic (exact) mass is 333 g/mol. The summed E-state index contributed by atoms with van der Waals surface area (Å²) < 4.78 is 1.04. The predicted molar refractivity (Wildman–Crippen MR) is 86.4 cm³/mol. The highest BCUT2D eigenvalue weighted by Crippen LogP contribution is 2.26. The SMILES string of the molecule is CNC(=O)c1ccc(N)cc1Nc1ccc(Br)c(C)c1. The molecule has 0 aliphatic carbocycles. The molecule has 20 heavy (non-hydrogen) atoms. The van der Waals surface area contributed by atoms with Crippen LogP contribution in [0.1, 0.15) is 15.9 Å². The molecule has 0 spiro atoms. The van der Waals surface area contributed by atoms with Crippen LogP contribution in [0, 0.1) is 6.92 Å². The molecule has 0 aliphatic rings. The highest BCUT2D eigenvalue weighted by atomic mass is 79.9. The number of carbonyl (C=O) groups is 1. The van der Waals surface area contributed by atoms with E-state index in [1.807, 2.05) is 25.1 Å². The van der Waals surface area contributed by atoms with Crippen molar-refractivity contribution in [1.82, 2.24) is 5.32 Å². The van der Waals surface area contributed by atoms with E-state index in [4.69, 9.17) is 5.73 Å². The van der Waals surface area contributed by atoms with Crippen LogP contribution >= 0.6 is 15.9 Å². The first-order chi connectivity index (χ1) is 9.51. The Hall–Kier alpha value is -2.01. The second kappa shape index (κ2) is 5.96. The van der Waals surface area contributed by atoms with E-state index < -0.39 is 0 Å². The van der Waals surface area contributed by atoms with Crippen molar-refractivity contribution in [3.63, 3.8) is 0 Å². The smallest absolute Gasteiger partial charge is 0.253 e. The number of rotatable bonds is 3. The second-order valence-electron chi connectivity index (χ2n) is 4.47. The number of nitrogen functional groups attached to an aromatic ring is 1. The average Bonchev–Trinajstić information content (AvgIpc) is 2.42. The molecule has 0 aromatic heterocycles. The van der Waals surface area contributed by atoms with E-state index in [0.29, 0.717) is 16.9 Å². The highest BCUT2D eigenvalue weighted by molar-refractivity contribution is 9.10. The number of nitrogens with two attached hydrogens (primary N) is 1. The van der Waals surface area contributed by atoms with Crippen molar-refractivity contribution in [2.24, 2.45) is 0 Å². The Balaban J connectivity index is 2.38. The average molecular weight is 334 g/mol. The van der Waals surface area contributed by atoms with E-state index in [-0.39, 0.29) is 5.91 Å². The maximum Gasteiger partial charge on any atom is 0.253 e. The summed E-state index contributed by atoms with van der Waals surface area (Å²) in [6.07, 6.45) is 0. The summed E-state index contributed by atoms with van der Waals surface area (Å²) >= 11 is 3.46. The fraction of sp³-hybridized carbons (Fsp3) is 0.133. The third kappa shape index (κ3) is 3.11. The van der Waals surface area contributed by atoms with Gasteiger partial charge in [0, 0.05) is 22.9 Å². The first-order valence-corrected chi connectivity index (χ1v) is 6.95. The van der Waals surface area contributed by atoms with Crippen molar-refractivity contribution in [1.29, 1.82) is 0 Å². The van der Waals surface area contributed by atoms with E-state index in [0.717, 1.165) is 15.7 Å². The summed E-state index contributed by atoms with van der Waals surface area (Å²) in [5.74, 6) is -0.152. The number of anilines is 3. The van der Waals surface area contributed by atoms with E-state index in [1.165, 1.54) is 0 Å². The third-order valence-corrected chi connectivity index (χ3v) is 3.84. The van der Waals surface area contributed by atoms with Gasteiger partial charge in [-0.25, -0.2) is 0 Å². The van der Waals surface area contributed by atoms with Gasteiger partial charge in [0.25, 0.3) is 5.91 Å². The molecule has 0 saturated heterocycles. The number of halogens is 1. The Bertz CT molecular complexity index is 656. The van der Waals surface area contributed by atoms with Gasteiger partial charge in [0.2, 0.25) is 0 Å². The van der Waals surface area contributed by atoms with Gasteiger partial charge in [-0.3, -0.25) is 4.79 Å². The lowest BCUT2D eigenvalue weighted by molar-refractivity contribution is 0.0964. The quantitative estimate of drug-likeness (QED) is 0.753. The first kappa shape index (κ1) is 14.4. The lowest BCUT2D eigenvalue weighted by Crippen LogP contribution is -2.19. The van der Waals surface area contributed by atoms with Gasteiger partial charge in [-0.15, -0.1) is 0 Å². The standard InChI is InChI=1S/C15H16BrN3O/c1-9-7-11(4-6-13(9)16)19-14-8-10(17)3-5-12(14)15(20)18-2/h3-8,19H,17H2,1-2H3,(H,18,20). The number of benzene rings is 2. The van der Waals surface area contributed by atoms with Gasteiger partial charge in [0.05, 0.1) is 11.3 Å². The van der Waals surface area contributed by atoms with Gasteiger partial charge >= 0.3 is 0 Å². The zero-order valence-electron chi connectivity index (χ0n) is 11.3. The molecular formula is C15H16BrN3O. The van der Waals surface area contributed by atoms with Crippen molar-refractivity contribution in [2.75, 3.05) is 18.1 Å². The van der Waals surface area contributed by atoms with Gasteiger partial charge in [0.15, 0.2) is 0 Å². The Labute approximate surface area is 126 Å². The summed E-state index contributed by atoms with van der Waals surface area (Å²) in [4.78, 5) is 11.9. The van der Waals surface area contributed by atoms with Crippen LogP contribution in [0.25, 0.3) is 0 Å². The molecule has 2 aromatic rings. The van der Waals surface area contributed by atoms with Crippen LogP contribution in [0.4, 0.5) is 17.1 Å². The molecule has 1 amide bonds. The minimum atomic E-state index is -0.152. The topological polar surface area (TPSA) is 67.2 Å². The molecule has 0 unspecified atom stereocenters. The lowest BCUT2D eigenvalue weighted by atomic mass is 10.1. The number of hydrogen-bond donors (Lipinski definition) is 3. The number of nitrogens with one attached hydrogen (secondary N) is 2. The van der Waals surface area contributed by atoms with Gasteiger partial charge < -0.3 is 16.4 Å². The maximum atomic E-state index is 11.9. The summed E-state index contributed by atoms with van der Waals surface area (Å²) in [7, 11) is 1.60. The number of hydrogen-bond acceptors (Lipinski definition) is 3. The molecule has 0 saturated carbocycles. The van der Waals surface area contributed by atoms with E-state index in [9.17, 15) is 4.79 Å². The highest BCUT2D eigenvalue weighted by Gasteiger charge is 2.10. The summed E-state index contributed by atoms with van der Waals surface area (Å²) in [6, 6.07) is 11.1. The number of aryl methyl sites for hydroxylation is 1. The van der Waals surface area contributed by atoms with Crippen LogP contribution in [0.3, 0.4) is 0 Å². The largest absolute Gasteiger partial charge is 0.399 e. The van der Waals surface area contributed by atoms with Crippen molar-refractivity contribution < 1.29 is 4.79 Å². The Morgan fingerprint density at radius 3 is 2.60 bits per heavy atom. The van der Waals surface area contributed by atoms with Gasteiger partial charge in [-0.1, -0.05) is 15.9 Å². The van der Waals surface area contributed by atoms with Crippen LogP contribution in [-0.2, 0) is 0 Å². The Kier molecular flexibility index (Phi) is 4.29. The van der Waals surface area contributed by atoms with Gasteiger partial charge in [-0.05, 0) is 48.9 Å². The van der Waals surface area contributed by atoms with Crippen LogP contribution in [0.15, 0.2) is 40.9 Å². The molecule has 2 rings (SSSR count). The van der Waals surface area contributed by atoms with E-state index in [2.05, 4.69) is 26.6 Å². The van der Waals surface area contributed by atoms with Crippen LogP contribution < -0.4 is 16.4 Å². The first-order valence-electron chi connectivity index (χ1n) is 6.16. The zero-order chi connectivity index (χ0) is 14.7. The molecule has 4 N–H and O–H groups in total. The van der Waals surface area contributed by atoms with Crippen LogP contribution in [-0.4, -0.2) is 13.0 Å². The molecule has 0 fully saturated rings. The normalized spacial score (nSPS) is 10.2. The van der Waals surface area contributed by atoms with Crippen molar-refractivity contribution in [3.05, 3.63) is 52.0 Å². The minimum Gasteiger partial charge on any atom is -0.399 e. The molecule has 0 bridgehead atoms. The molecule has 0 radical (unpaired) electrons. The predicted octanol–water partition coefficient (Wildman–Crippen LogP) is 3.44. The van der Waals surface area contributed by atoms with Crippen molar-refractivity contribution in [2.45, 2.75) is 6.92 Å². The minimum absolute atomic E-state index is 0.152. The molecule has 5 heteroatoms. The number of amides is 1. The van der Waals surface area contributed by atoms with Crippen molar-refractivity contribution >= 4 is 38.9 Å². The summed E-state index contributed by atoms with van der Waals surface area (Å²) in [5, 5.41) is 5.86. The van der Waals surface area contributed by atoms with E-state index in [1.54, 1.807) is 25.2 Å². The summed E-state index contributed by atoms with van der Waals surface area (Å²) in [5.41, 5.74) is 9.66. The Morgan fingerprint density at radius 1 is 1.20 bits per heavy atom. The van der Waals surface area contributed by atoms with Crippen molar-refractivity contribution in [3.8, 4) is 0 Å². The number of carbonyl (C=O) groups excluding carboxylic acids is 1. The molecule has 0 atom stereocenters. The third-order valence-electron chi connectivity index (χ3n) is 2.95. The maximum absolute atomic E-state index is 11.9. The van der Waals surface area contributed by atoms with Gasteiger partial charge in [0.1, 0.15) is 0 Å². The molecular weight excluding hydrogens is 318 g/mol. The molecule has 4 nitrogen and oxygen atoms in total. The van der Waals surface area contributed by atoms with Crippen LogP contribution in [0.2, 0.25) is 0 Å². The second-order valence-corrected chi connectivity index (χ2v) is 5.33. The zero-order valence-corrected chi connectivity index (χ0v) is 12.9. The fourth-order valence-electron chi connectivity index (χ4n) is 1.88.